The van der Waals surface area contributed by atoms with Crippen LogP contribution >= 0.6 is 0 Å². The average Bonchev–Trinajstić information content (AvgIpc) is 3.62. The quantitative estimate of drug-likeness (QED) is 0.158. The molecule has 11 rings (SSSR count). The predicted molar refractivity (Wildman–Crippen MR) is 247 cm³/mol. The fraction of sp³-hybridized carbons (Fsp3) is 0. The van der Waals surface area contributed by atoms with Crippen LogP contribution in [-0.4, -0.2) is 4.57 Å². The van der Waals surface area contributed by atoms with E-state index in [1.54, 1.807) is 0 Å². The van der Waals surface area contributed by atoms with Crippen molar-refractivity contribution in [2.24, 2.45) is 0 Å². The molecular formula is C56H38N2. The summed E-state index contributed by atoms with van der Waals surface area (Å²) in [6, 6.07) is 83.7. The van der Waals surface area contributed by atoms with Gasteiger partial charge in [0.2, 0.25) is 0 Å². The zero-order valence-electron chi connectivity index (χ0n) is 31.8. The van der Waals surface area contributed by atoms with Gasteiger partial charge in [-0.05, 0) is 116 Å². The molecule has 0 amide bonds. The highest BCUT2D eigenvalue weighted by atomic mass is 15.1. The summed E-state index contributed by atoms with van der Waals surface area (Å²) in [6.07, 6.45) is 0. The first-order chi connectivity index (χ1) is 28.7. The monoisotopic (exact) mass is 738 g/mol. The standard InChI is InChI=1S/C56H38N2/c1-2-13-39(14-3-1)41-27-31-48(32-28-41)57(49-33-29-42(30-34-49)46-26-25-40-15-4-5-16-43(40)35-46)54-23-10-8-21-51(54)47-19-12-20-50(36-47)58-55-24-11-9-22-52(55)53-37-44-17-6-7-18-45(44)38-56(53)58/h1-38H. The van der Waals surface area contributed by atoms with Crippen LogP contribution in [0.5, 0.6) is 0 Å². The second kappa shape index (κ2) is 14.1. The second-order valence-corrected chi connectivity index (χ2v) is 15.0. The number of hydrogen-bond donors (Lipinski definition) is 0. The Kier molecular flexibility index (Phi) is 8.19. The Morgan fingerprint density at radius 3 is 1.60 bits per heavy atom. The van der Waals surface area contributed by atoms with Gasteiger partial charge in [0, 0.05) is 33.4 Å². The number of aromatic nitrogens is 1. The molecule has 10 aromatic carbocycles. The van der Waals surface area contributed by atoms with Crippen LogP contribution in [0.15, 0.2) is 231 Å². The lowest BCUT2D eigenvalue weighted by atomic mass is 9.99. The van der Waals surface area contributed by atoms with E-state index < -0.39 is 0 Å². The molecule has 0 aliphatic heterocycles. The third kappa shape index (κ3) is 5.91. The summed E-state index contributed by atoms with van der Waals surface area (Å²) in [5.74, 6) is 0. The predicted octanol–water partition coefficient (Wildman–Crippen LogP) is 15.6. The largest absolute Gasteiger partial charge is 0.310 e. The number of fused-ring (bicyclic) bond motifs is 5. The fourth-order valence-corrected chi connectivity index (χ4v) is 8.69. The molecule has 0 radical (unpaired) electrons. The average molecular weight is 739 g/mol. The third-order valence-electron chi connectivity index (χ3n) is 11.5. The Balaban J connectivity index is 1.05. The molecule has 272 valence electrons. The van der Waals surface area contributed by atoms with Gasteiger partial charge in [0.25, 0.3) is 0 Å². The van der Waals surface area contributed by atoms with Crippen molar-refractivity contribution >= 4 is 60.4 Å². The number of nitrogens with zero attached hydrogens (tertiary/aromatic N) is 2. The van der Waals surface area contributed by atoms with E-state index in [-0.39, 0.29) is 0 Å². The molecular weight excluding hydrogens is 701 g/mol. The Hall–Kier alpha value is -7.68. The van der Waals surface area contributed by atoms with Crippen LogP contribution < -0.4 is 4.90 Å². The highest BCUT2D eigenvalue weighted by Crippen LogP contribution is 2.43. The molecule has 0 bridgehead atoms. The highest BCUT2D eigenvalue weighted by Gasteiger charge is 2.19. The van der Waals surface area contributed by atoms with E-state index in [2.05, 4.69) is 240 Å². The van der Waals surface area contributed by atoms with Gasteiger partial charge in [-0.25, -0.2) is 0 Å². The van der Waals surface area contributed by atoms with Crippen LogP contribution in [0.2, 0.25) is 0 Å². The van der Waals surface area contributed by atoms with Gasteiger partial charge in [-0.3, -0.25) is 0 Å². The summed E-state index contributed by atoms with van der Waals surface area (Å²) in [7, 11) is 0. The lowest BCUT2D eigenvalue weighted by Crippen LogP contribution is -2.11. The minimum Gasteiger partial charge on any atom is -0.310 e. The Morgan fingerprint density at radius 2 is 0.845 bits per heavy atom. The summed E-state index contributed by atoms with van der Waals surface area (Å²) in [6.45, 7) is 0. The first kappa shape index (κ1) is 33.6. The Morgan fingerprint density at radius 1 is 0.293 bits per heavy atom. The van der Waals surface area contributed by atoms with E-state index in [4.69, 9.17) is 0 Å². The molecule has 0 spiro atoms. The smallest absolute Gasteiger partial charge is 0.0547 e. The van der Waals surface area contributed by atoms with Gasteiger partial charge in [0.1, 0.15) is 0 Å². The molecule has 11 aromatic rings. The molecule has 0 atom stereocenters. The van der Waals surface area contributed by atoms with Crippen LogP contribution in [0.25, 0.3) is 82.4 Å². The zero-order chi connectivity index (χ0) is 38.4. The lowest BCUT2D eigenvalue weighted by Gasteiger charge is -2.28. The molecule has 0 aliphatic rings. The van der Waals surface area contributed by atoms with Crippen LogP contribution in [0, 0.1) is 0 Å². The van der Waals surface area contributed by atoms with Gasteiger partial charge in [-0.2, -0.15) is 0 Å². The van der Waals surface area contributed by atoms with Crippen LogP contribution in [-0.2, 0) is 0 Å². The van der Waals surface area contributed by atoms with E-state index >= 15 is 0 Å². The van der Waals surface area contributed by atoms with Crippen molar-refractivity contribution in [3.8, 4) is 39.1 Å². The maximum atomic E-state index is 2.43. The van der Waals surface area contributed by atoms with Gasteiger partial charge in [0.05, 0.1) is 16.7 Å². The molecule has 0 unspecified atom stereocenters. The highest BCUT2D eigenvalue weighted by molar-refractivity contribution is 6.13. The summed E-state index contributed by atoms with van der Waals surface area (Å²) >= 11 is 0. The summed E-state index contributed by atoms with van der Waals surface area (Å²) in [5, 5.41) is 7.50. The number of para-hydroxylation sites is 2. The third-order valence-corrected chi connectivity index (χ3v) is 11.5. The first-order valence-corrected chi connectivity index (χ1v) is 19.9. The van der Waals surface area contributed by atoms with Crippen molar-refractivity contribution in [1.82, 2.24) is 4.57 Å². The molecule has 0 fully saturated rings. The van der Waals surface area contributed by atoms with Crippen LogP contribution in [0.1, 0.15) is 0 Å². The van der Waals surface area contributed by atoms with Crippen molar-refractivity contribution in [1.29, 1.82) is 0 Å². The van der Waals surface area contributed by atoms with E-state index in [1.807, 2.05) is 0 Å². The lowest BCUT2D eigenvalue weighted by molar-refractivity contribution is 1.18. The van der Waals surface area contributed by atoms with Crippen LogP contribution in [0.4, 0.5) is 17.1 Å². The van der Waals surface area contributed by atoms with E-state index in [1.165, 1.54) is 65.6 Å². The Bertz CT molecular complexity index is 3270. The van der Waals surface area contributed by atoms with Gasteiger partial charge in [0.15, 0.2) is 0 Å². The van der Waals surface area contributed by atoms with Crippen molar-refractivity contribution < 1.29 is 0 Å². The minimum absolute atomic E-state index is 1.09. The van der Waals surface area contributed by atoms with Crippen molar-refractivity contribution in [2.45, 2.75) is 0 Å². The van der Waals surface area contributed by atoms with E-state index in [0.29, 0.717) is 0 Å². The molecule has 0 aliphatic carbocycles. The summed E-state index contributed by atoms with van der Waals surface area (Å²) in [4.78, 5) is 2.40. The molecule has 2 nitrogen and oxygen atoms in total. The second-order valence-electron chi connectivity index (χ2n) is 15.0. The van der Waals surface area contributed by atoms with E-state index in [9.17, 15) is 0 Å². The van der Waals surface area contributed by atoms with E-state index in [0.717, 1.165) is 33.9 Å². The molecule has 0 saturated heterocycles. The molecule has 58 heavy (non-hydrogen) atoms. The topological polar surface area (TPSA) is 8.17 Å². The fourth-order valence-electron chi connectivity index (χ4n) is 8.69. The number of anilines is 3. The van der Waals surface area contributed by atoms with Gasteiger partial charge < -0.3 is 9.47 Å². The van der Waals surface area contributed by atoms with Gasteiger partial charge in [-0.15, -0.1) is 0 Å². The van der Waals surface area contributed by atoms with Crippen LogP contribution in [0.3, 0.4) is 0 Å². The SMILES string of the molecule is c1ccc(-c2ccc(N(c3ccc(-c4ccc5ccccc5c4)cc3)c3ccccc3-c3cccc(-n4c5ccccc5c5cc6ccccc6cc54)c3)cc2)cc1. The maximum Gasteiger partial charge on any atom is 0.0547 e. The number of benzene rings is 10. The van der Waals surface area contributed by atoms with Crippen molar-refractivity contribution in [3.63, 3.8) is 0 Å². The molecule has 1 heterocycles. The number of rotatable bonds is 7. The maximum absolute atomic E-state index is 2.43. The van der Waals surface area contributed by atoms with Gasteiger partial charge in [-0.1, -0.05) is 164 Å². The Labute approximate surface area is 338 Å². The van der Waals surface area contributed by atoms with Crippen molar-refractivity contribution in [3.05, 3.63) is 231 Å². The van der Waals surface area contributed by atoms with Crippen molar-refractivity contribution in [2.75, 3.05) is 4.90 Å². The first-order valence-electron chi connectivity index (χ1n) is 19.9. The zero-order valence-corrected chi connectivity index (χ0v) is 31.8. The number of hydrogen-bond acceptors (Lipinski definition) is 1. The normalized spacial score (nSPS) is 11.4. The summed E-state index contributed by atoms with van der Waals surface area (Å²) < 4.78 is 2.43. The molecule has 1 aromatic heterocycles. The van der Waals surface area contributed by atoms with Gasteiger partial charge >= 0.3 is 0 Å². The summed E-state index contributed by atoms with van der Waals surface area (Å²) in [5.41, 5.74) is 13.9. The molecule has 2 heteroatoms. The molecule has 0 N–H and O–H groups in total. The molecule has 0 saturated carbocycles. The minimum atomic E-state index is 1.09.